The minimum atomic E-state index is -3.11. The molecule has 0 fully saturated rings. The average Bonchev–Trinajstić information content (AvgIpc) is 3.90. The Kier molecular flexibility index (Phi) is 10.7. The van der Waals surface area contributed by atoms with Crippen molar-refractivity contribution < 1.29 is 21.1 Å². The van der Waals surface area contributed by atoms with Crippen molar-refractivity contribution in [1.29, 1.82) is 0 Å². The Morgan fingerprint density at radius 1 is 0.508 bits per heavy atom. The van der Waals surface area contributed by atoms with Crippen LogP contribution in [0.3, 0.4) is 0 Å². The van der Waals surface area contributed by atoms with E-state index in [0.717, 1.165) is 54.9 Å². The van der Waals surface area contributed by atoms with E-state index in [1.54, 1.807) is 0 Å². The van der Waals surface area contributed by atoms with E-state index in [1.807, 2.05) is 6.20 Å². The van der Waals surface area contributed by atoms with Gasteiger partial charge in [0.15, 0.2) is 17.4 Å². The molecule has 0 N–H and O–H groups in total. The summed E-state index contributed by atoms with van der Waals surface area (Å²) in [7, 11) is -3.11. The first-order chi connectivity index (χ1) is 30.6. The van der Waals surface area contributed by atoms with Crippen molar-refractivity contribution in [3.05, 3.63) is 231 Å². The van der Waals surface area contributed by atoms with E-state index in [1.165, 1.54) is 32.4 Å². The van der Waals surface area contributed by atoms with Crippen LogP contribution in [0.25, 0.3) is 66.6 Å². The zero-order valence-electron chi connectivity index (χ0n) is 35.0. The number of para-hydroxylation sites is 3. The van der Waals surface area contributed by atoms with Gasteiger partial charge in [-0.25, -0.2) is 14.1 Å². The molecular formula is C57H43N4PtSi-. The summed E-state index contributed by atoms with van der Waals surface area (Å²) in [4.78, 5) is 5.10. The number of imidazole rings is 1. The van der Waals surface area contributed by atoms with Crippen LogP contribution in [0.1, 0.15) is 19.9 Å². The Morgan fingerprint density at radius 2 is 1.10 bits per heavy atom. The number of aromatic nitrogens is 4. The summed E-state index contributed by atoms with van der Waals surface area (Å²) in [5, 5.41) is 7.16. The number of pyridine rings is 1. The monoisotopic (exact) mass is 1010 g/mol. The van der Waals surface area contributed by atoms with Gasteiger partial charge in [0.2, 0.25) is 0 Å². The molecule has 0 saturated heterocycles. The van der Waals surface area contributed by atoms with Gasteiger partial charge in [-0.2, -0.15) is 35.5 Å². The van der Waals surface area contributed by atoms with E-state index in [-0.39, 0.29) is 21.1 Å². The molecule has 0 radical (unpaired) electrons. The molecule has 306 valence electrons. The zero-order valence-corrected chi connectivity index (χ0v) is 38.2. The Labute approximate surface area is 383 Å². The van der Waals surface area contributed by atoms with Gasteiger partial charge in [-0.15, -0.1) is 22.7 Å². The first-order valence-corrected chi connectivity index (χ1v) is 23.3. The van der Waals surface area contributed by atoms with E-state index in [2.05, 4.69) is 252 Å². The van der Waals surface area contributed by atoms with Crippen LogP contribution < -0.4 is 20.7 Å². The molecule has 0 aliphatic rings. The summed E-state index contributed by atoms with van der Waals surface area (Å²) < 4.78 is 6.96. The fourth-order valence-corrected chi connectivity index (χ4v) is 14.1. The van der Waals surface area contributed by atoms with Crippen molar-refractivity contribution in [1.82, 2.24) is 18.7 Å². The predicted octanol–water partition coefficient (Wildman–Crippen LogP) is 11.1. The molecule has 0 atom stereocenters. The molecule has 0 aliphatic heterocycles. The molecule has 0 saturated carbocycles. The van der Waals surface area contributed by atoms with E-state index >= 15 is 0 Å². The van der Waals surface area contributed by atoms with E-state index < -0.39 is 8.07 Å². The third-order valence-corrected chi connectivity index (χ3v) is 17.0. The number of nitrogens with zero attached hydrogens (tertiary/aromatic N) is 4. The van der Waals surface area contributed by atoms with Gasteiger partial charge in [-0.1, -0.05) is 139 Å². The second-order valence-electron chi connectivity index (χ2n) is 16.2. The molecular weight excluding hydrogens is 964 g/mol. The van der Waals surface area contributed by atoms with Crippen molar-refractivity contribution in [3.8, 4) is 33.8 Å². The standard InChI is InChI=1S/C57H43N4Si.Pt/c1-41(2)59-40-60(55-32-17-16-31-54(55)59)44-21-18-26-47(38-44)62(45-22-8-4-9-23-45,46-24-10-5-11-25-46)48-33-34-52-51-29-14-15-30-53(51)61(56(52)39-48)57-37-43(35-36-58-57)50-28-13-12-27-49(50)42-19-6-3-7-20-42;/h3-37,40-41H,1-2H3;/q-1;. The first kappa shape index (κ1) is 40.2. The SMILES string of the molecule is CC(C)n1[cH+]n(-c2[c-]c([Si](c3[c-]c4c(cc3)c3ccccc3n4-c3cc(-c4ccccc4-c4ccccc4)ccn3)(c3ccccc3)c3ccccc3)ccc2)c2ccccc21.[Pt]. The molecule has 3 heterocycles. The summed E-state index contributed by atoms with van der Waals surface area (Å²) in [6.45, 7) is 4.47. The van der Waals surface area contributed by atoms with E-state index in [9.17, 15) is 0 Å². The van der Waals surface area contributed by atoms with Crippen LogP contribution in [-0.2, 0) is 21.1 Å². The van der Waals surface area contributed by atoms with Crippen molar-refractivity contribution in [2.75, 3.05) is 0 Å². The summed E-state index contributed by atoms with van der Waals surface area (Å²) in [6.07, 6.45) is 4.17. The Morgan fingerprint density at radius 3 is 1.79 bits per heavy atom. The maximum Gasteiger partial charge on any atom is 0.188 e. The van der Waals surface area contributed by atoms with Gasteiger partial charge in [0.1, 0.15) is 13.9 Å². The number of rotatable bonds is 9. The van der Waals surface area contributed by atoms with Gasteiger partial charge in [0.05, 0.1) is 6.04 Å². The quantitative estimate of drug-likeness (QED) is 0.0804. The van der Waals surface area contributed by atoms with Crippen LogP contribution in [0, 0.1) is 12.1 Å². The zero-order chi connectivity index (χ0) is 41.6. The van der Waals surface area contributed by atoms with Crippen molar-refractivity contribution in [2.45, 2.75) is 19.9 Å². The van der Waals surface area contributed by atoms with Gasteiger partial charge in [0.25, 0.3) is 0 Å². The second-order valence-corrected chi connectivity index (χ2v) is 19.9. The maximum absolute atomic E-state index is 5.10. The predicted molar refractivity (Wildman–Crippen MR) is 260 cm³/mol. The van der Waals surface area contributed by atoms with Crippen molar-refractivity contribution >= 4 is 61.7 Å². The maximum atomic E-state index is 5.10. The number of fused-ring (bicyclic) bond motifs is 4. The molecule has 3 aromatic heterocycles. The Balaban J connectivity index is 0.00000471. The molecule has 8 aromatic carbocycles. The second kappa shape index (κ2) is 16.7. The molecule has 11 rings (SSSR count). The van der Waals surface area contributed by atoms with Crippen LogP contribution in [0.15, 0.2) is 219 Å². The Hall–Kier alpha value is -6.91. The summed E-state index contributed by atoms with van der Waals surface area (Å²) in [5.41, 5.74) is 10.1. The molecule has 0 spiro atoms. The van der Waals surface area contributed by atoms with Crippen LogP contribution in [0.4, 0.5) is 0 Å². The molecule has 0 unspecified atom stereocenters. The molecule has 11 aromatic rings. The molecule has 0 aliphatic carbocycles. The molecule has 63 heavy (non-hydrogen) atoms. The van der Waals surface area contributed by atoms with Gasteiger partial charge < -0.3 is 4.57 Å². The van der Waals surface area contributed by atoms with Crippen LogP contribution in [-0.4, -0.2) is 26.8 Å². The van der Waals surface area contributed by atoms with Crippen molar-refractivity contribution in [2.24, 2.45) is 0 Å². The Bertz CT molecular complexity index is 3350. The molecule has 6 heteroatoms. The molecule has 0 amide bonds. The molecule has 0 bridgehead atoms. The topological polar surface area (TPSA) is 27.7 Å². The van der Waals surface area contributed by atoms with Crippen LogP contribution >= 0.6 is 0 Å². The van der Waals surface area contributed by atoms with Crippen molar-refractivity contribution in [3.63, 3.8) is 0 Å². The molecule has 4 nitrogen and oxygen atoms in total. The van der Waals surface area contributed by atoms with Crippen LogP contribution in [0.2, 0.25) is 0 Å². The third kappa shape index (κ3) is 6.80. The first-order valence-electron chi connectivity index (χ1n) is 21.3. The van der Waals surface area contributed by atoms with E-state index in [4.69, 9.17) is 4.98 Å². The smallest absolute Gasteiger partial charge is 0.188 e. The number of hydrogen-bond donors (Lipinski definition) is 0. The third-order valence-electron chi connectivity index (χ3n) is 12.4. The minimum Gasteiger partial charge on any atom is -0.319 e. The van der Waals surface area contributed by atoms with Gasteiger partial charge in [0, 0.05) is 50.6 Å². The summed E-state index contributed by atoms with van der Waals surface area (Å²) >= 11 is 0. The fourth-order valence-electron chi connectivity index (χ4n) is 9.53. The van der Waals surface area contributed by atoms with Gasteiger partial charge in [-0.3, -0.25) is 0 Å². The van der Waals surface area contributed by atoms with Gasteiger partial charge in [-0.05, 0) is 82.2 Å². The number of benzene rings is 8. The largest absolute Gasteiger partial charge is 0.319 e. The van der Waals surface area contributed by atoms with E-state index in [0.29, 0.717) is 6.04 Å². The average molecular weight is 1010 g/mol. The number of hydrogen-bond acceptors (Lipinski definition) is 1. The summed E-state index contributed by atoms with van der Waals surface area (Å²) in [5.74, 6) is 0.850. The van der Waals surface area contributed by atoms with Crippen LogP contribution in [0.5, 0.6) is 0 Å². The fraction of sp³-hybridized carbons (Fsp3) is 0.0526. The summed E-state index contributed by atoms with van der Waals surface area (Å²) in [6, 6.07) is 83.0. The normalized spacial score (nSPS) is 11.7. The van der Waals surface area contributed by atoms with Gasteiger partial charge >= 0.3 is 0 Å². The minimum absolute atomic E-state index is 0.